The lowest BCUT2D eigenvalue weighted by Crippen LogP contribution is -2.54. The first-order valence-electron chi connectivity index (χ1n) is 12.5. The monoisotopic (exact) mass is 461 g/mol. The molecule has 34 heavy (non-hydrogen) atoms. The van der Waals surface area contributed by atoms with E-state index in [9.17, 15) is 9.59 Å². The minimum absolute atomic E-state index is 0.0523. The molecule has 1 spiro atoms. The molecule has 4 fully saturated rings. The fourth-order valence-corrected chi connectivity index (χ4v) is 7.06. The molecule has 4 aliphatic rings. The fraction of sp³-hybridized carbons (Fsp3) is 0.500. The second-order valence-electron chi connectivity index (χ2n) is 10.2. The lowest BCUT2D eigenvalue weighted by molar-refractivity contribution is -0.207. The van der Waals surface area contributed by atoms with Crippen molar-refractivity contribution in [2.75, 3.05) is 18.1 Å². The highest BCUT2D eigenvalue weighted by Gasteiger charge is 2.60. The van der Waals surface area contributed by atoms with Gasteiger partial charge in [-0.25, -0.2) is 0 Å². The summed E-state index contributed by atoms with van der Waals surface area (Å²) in [6.45, 7) is 3.17. The number of carbonyl (C=O) groups is 2. The molecule has 2 aromatic carbocycles. The number of hydrogen-bond donors (Lipinski definition) is 0. The maximum Gasteiger partial charge on any atom is 0.309 e. The summed E-state index contributed by atoms with van der Waals surface area (Å²) in [5, 5.41) is 0. The van der Waals surface area contributed by atoms with E-state index < -0.39 is 5.79 Å². The number of carbonyl (C=O) groups excluding carboxylic acids is 2. The molecule has 0 radical (unpaired) electrons. The van der Waals surface area contributed by atoms with Crippen molar-refractivity contribution in [2.45, 2.75) is 44.5 Å². The molecule has 1 unspecified atom stereocenters. The van der Waals surface area contributed by atoms with Crippen molar-refractivity contribution < 1.29 is 23.8 Å². The summed E-state index contributed by atoms with van der Waals surface area (Å²) < 4.78 is 17.8. The van der Waals surface area contributed by atoms with Gasteiger partial charge in [0, 0.05) is 36.1 Å². The number of ether oxygens (including phenoxy) is 3. The smallest absolute Gasteiger partial charge is 0.309 e. The number of para-hydroxylation sites is 2. The minimum atomic E-state index is -0.547. The standard InChI is InChI=1S/C28H31NO5/c1-18-24-23(27(31)34-18)16-19-17-28(32-14-15-33-28)13-12-22(19)25(24)26(30)29(20-8-4-2-5-9-20)21-10-6-3-7-11-21/h2-11,18-19,22-25H,12-17H2,1H3/t18?,19-,22-,23-,24-,25+/m1/s1. The third kappa shape index (κ3) is 3.55. The highest BCUT2D eigenvalue weighted by molar-refractivity contribution is 6.02. The van der Waals surface area contributed by atoms with E-state index in [4.69, 9.17) is 14.2 Å². The molecule has 178 valence electrons. The molecular weight excluding hydrogens is 430 g/mol. The van der Waals surface area contributed by atoms with Crippen molar-refractivity contribution in [1.29, 1.82) is 0 Å². The van der Waals surface area contributed by atoms with Gasteiger partial charge in [0.1, 0.15) is 6.10 Å². The van der Waals surface area contributed by atoms with Gasteiger partial charge < -0.3 is 14.2 Å². The van der Waals surface area contributed by atoms with E-state index in [0.29, 0.717) is 13.2 Å². The van der Waals surface area contributed by atoms with Crippen LogP contribution in [0.2, 0.25) is 0 Å². The molecule has 6 nitrogen and oxygen atoms in total. The second-order valence-corrected chi connectivity index (χ2v) is 10.2. The average Bonchev–Trinajstić information content (AvgIpc) is 3.42. The number of amides is 1. The quantitative estimate of drug-likeness (QED) is 0.620. The molecule has 2 heterocycles. The van der Waals surface area contributed by atoms with E-state index in [1.807, 2.05) is 72.5 Å². The number of anilines is 2. The Morgan fingerprint density at radius 3 is 2.21 bits per heavy atom. The van der Waals surface area contributed by atoms with E-state index in [0.717, 1.165) is 37.1 Å². The predicted octanol–water partition coefficient (Wildman–Crippen LogP) is 4.71. The highest BCUT2D eigenvalue weighted by atomic mass is 16.7. The first kappa shape index (κ1) is 21.8. The summed E-state index contributed by atoms with van der Waals surface area (Å²) in [4.78, 5) is 29.3. The number of hydrogen-bond acceptors (Lipinski definition) is 5. The normalized spacial score (nSPS) is 33.7. The Morgan fingerprint density at radius 2 is 1.59 bits per heavy atom. The number of esters is 1. The maximum atomic E-state index is 14.6. The van der Waals surface area contributed by atoms with Crippen molar-refractivity contribution in [3.8, 4) is 0 Å². The Kier molecular flexibility index (Phi) is 5.46. The van der Waals surface area contributed by atoms with Crippen LogP contribution in [0.4, 0.5) is 11.4 Å². The molecule has 6 heteroatoms. The summed E-state index contributed by atoms with van der Waals surface area (Å²) in [5.41, 5.74) is 1.68. The molecule has 2 aromatic rings. The third-order valence-electron chi connectivity index (χ3n) is 8.43. The zero-order chi connectivity index (χ0) is 23.3. The van der Waals surface area contributed by atoms with Crippen LogP contribution in [-0.4, -0.2) is 37.0 Å². The zero-order valence-electron chi connectivity index (χ0n) is 19.5. The Balaban J connectivity index is 1.41. The molecule has 2 aliphatic heterocycles. The summed E-state index contributed by atoms with van der Waals surface area (Å²) in [5.74, 6) is -0.972. The van der Waals surface area contributed by atoms with Crippen LogP contribution in [0.5, 0.6) is 0 Å². The van der Waals surface area contributed by atoms with E-state index in [2.05, 4.69) is 0 Å². The first-order valence-corrected chi connectivity index (χ1v) is 12.5. The lowest BCUT2D eigenvalue weighted by atomic mass is 9.56. The number of rotatable bonds is 3. The van der Waals surface area contributed by atoms with Crippen molar-refractivity contribution in [2.24, 2.45) is 29.6 Å². The lowest BCUT2D eigenvalue weighted by Gasteiger charge is -2.50. The molecule has 2 saturated carbocycles. The largest absolute Gasteiger partial charge is 0.462 e. The Morgan fingerprint density at radius 1 is 0.971 bits per heavy atom. The maximum absolute atomic E-state index is 14.6. The van der Waals surface area contributed by atoms with Gasteiger partial charge in [0.25, 0.3) is 0 Å². The van der Waals surface area contributed by atoms with Crippen LogP contribution in [-0.2, 0) is 23.8 Å². The summed E-state index contributed by atoms with van der Waals surface area (Å²) in [6.07, 6.45) is 2.85. The molecule has 0 aromatic heterocycles. The molecule has 2 saturated heterocycles. The van der Waals surface area contributed by atoms with Crippen molar-refractivity contribution >= 4 is 23.3 Å². The Hall–Kier alpha value is -2.70. The summed E-state index contributed by atoms with van der Waals surface area (Å²) in [7, 11) is 0. The fourth-order valence-electron chi connectivity index (χ4n) is 7.06. The van der Waals surface area contributed by atoms with E-state index in [-0.39, 0.29) is 47.6 Å². The van der Waals surface area contributed by atoms with Crippen LogP contribution >= 0.6 is 0 Å². The predicted molar refractivity (Wildman–Crippen MR) is 126 cm³/mol. The van der Waals surface area contributed by atoms with Gasteiger partial charge in [0.2, 0.25) is 5.91 Å². The topological polar surface area (TPSA) is 65.1 Å². The van der Waals surface area contributed by atoms with Gasteiger partial charge in [-0.3, -0.25) is 14.5 Å². The number of nitrogens with zero attached hydrogens (tertiary/aromatic N) is 1. The average molecular weight is 462 g/mol. The summed E-state index contributed by atoms with van der Waals surface area (Å²) in [6, 6.07) is 19.6. The van der Waals surface area contributed by atoms with Gasteiger partial charge in [-0.2, -0.15) is 0 Å². The van der Waals surface area contributed by atoms with E-state index >= 15 is 0 Å². The number of benzene rings is 2. The molecule has 0 N–H and O–H groups in total. The van der Waals surface area contributed by atoms with Crippen LogP contribution < -0.4 is 4.90 Å². The van der Waals surface area contributed by atoms with Crippen LogP contribution in [0.3, 0.4) is 0 Å². The van der Waals surface area contributed by atoms with Crippen molar-refractivity contribution in [3.63, 3.8) is 0 Å². The first-order chi connectivity index (χ1) is 16.6. The van der Waals surface area contributed by atoms with Gasteiger partial charge in [-0.05, 0) is 55.9 Å². The van der Waals surface area contributed by atoms with Gasteiger partial charge in [0.05, 0.1) is 19.1 Å². The third-order valence-corrected chi connectivity index (χ3v) is 8.43. The highest BCUT2D eigenvalue weighted by Crippen LogP contribution is 2.56. The minimum Gasteiger partial charge on any atom is -0.462 e. The summed E-state index contributed by atoms with van der Waals surface area (Å²) >= 11 is 0. The molecule has 2 aliphatic carbocycles. The van der Waals surface area contributed by atoms with Crippen LogP contribution in [0.1, 0.15) is 32.6 Å². The van der Waals surface area contributed by atoms with Crippen molar-refractivity contribution in [3.05, 3.63) is 60.7 Å². The Labute approximate surface area is 200 Å². The van der Waals surface area contributed by atoms with Gasteiger partial charge in [-0.15, -0.1) is 0 Å². The Bertz CT molecular complexity index is 1010. The molecule has 6 rings (SSSR count). The van der Waals surface area contributed by atoms with E-state index in [1.54, 1.807) is 0 Å². The van der Waals surface area contributed by atoms with E-state index in [1.165, 1.54) is 0 Å². The van der Waals surface area contributed by atoms with Crippen LogP contribution in [0, 0.1) is 29.6 Å². The van der Waals surface area contributed by atoms with Crippen LogP contribution in [0.15, 0.2) is 60.7 Å². The van der Waals surface area contributed by atoms with Crippen molar-refractivity contribution in [1.82, 2.24) is 0 Å². The van der Waals surface area contributed by atoms with Gasteiger partial charge >= 0.3 is 5.97 Å². The molecule has 1 amide bonds. The zero-order valence-corrected chi connectivity index (χ0v) is 19.5. The van der Waals surface area contributed by atoms with Crippen LogP contribution in [0.25, 0.3) is 0 Å². The second kappa shape index (κ2) is 8.51. The number of fused-ring (bicyclic) bond motifs is 2. The molecule has 0 bridgehead atoms. The molecular formula is C28H31NO5. The SMILES string of the molecule is CC1OC(=O)[C@@H]2C[C@@H]3CC4(CC[C@H]3[C@H](C(=O)N(c3ccccc3)c3ccccc3)[C@H]12)OCCO4. The van der Waals surface area contributed by atoms with Gasteiger partial charge in [0.15, 0.2) is 5.79 Å². The van der Waals surface area contributed by atoms with Gasteiger partial charge in [-0.1, -0.05) is 36.4 Å². The molecule has 6 atom stereocenters. The number of cyclic esters (lactones) is 1.